The molecule has 0 unspecified atom stereocenters. The fraction of sp³-hybridized carbons (Fsp3) is 0.458. The first-order chi connectivity index (χ1) is 16.2. The highest BCUT2D eigenvalue weighted by atomic mass is 16.6. The second-order valence-corrected chi connectivity index (χ2v) is 9.23. The minimum atomic E-state index is -0.511. The number of likely N-dealkylation sites (tertiary alicyclic amines) is 1. The number of nitrogens with zero attached hydrogens (tertiary/aromatic N) is 5. The topological polar surface area (TPSA) is 111 Å². The first kappa shape index (κ1) is 23.5. The minimum absolute atomic E-state index is 0.0458. The first-order valence-electron chi connectivity index (χ1n) is 11.5. The van der Waals surface area contributed by atoms with Crippen LogP contribution in [0, 0.1) is 0 Å². The van der Waals surface area contributed by atoms with Gasteiger partial charge in [0.15, 0.2) is 5.65 Å². The van der Waals surface area contributed by atoms with Crippen molar-refractivity contribution in [3.8, 4) is 11.6 Å². The molecule has 180 valence electrons. The van der Waals surface area contributed by atoms with Crippen LogP contribution in [0.5, 0.6) is 11.6 Å². The van der Waals surface area contributed by atoms with E-state index in [1.54, 1.807) is 42.3 Å². The highest BCUT2D eigenvalue weighted by molar-refractivity contribution is 5.90. The van der Waals surface area contributed by atoms with Crippen molar-refractivity contribution in [2.45, 2.75) is 58.6 Å². The van der Waals surface area contributed by atoms with Gasteiger partial charge in [-0.1, -0.05) is 6.92 Å². The molecule has 0 radical (unpaired) electrons. The Morgan fingerprint density at radius 3 is 2.47 bits per heavy atom. The SMILES string of the molecule is CCC(=O)Nc1ccc(Oc2ncnc3c2cnn3C2CCN(C(=O)OC(C)(C)C)CC2)cc1. The van der Waals surface area contributed by atoms with Crippen LogP contribution in [0.1, 0.15) is 53.0 Å². The largest absolute Gasteiger partial charge is 0.444 e. The quantitative estimate of drug-likeness (QED) is 0.587. The van der Waals surface area contributed by atoms with Crippen molar-refractivity contribution in [3.05, 3.63) is 36.8 Å². The zero-order chi connectivity index (χ0) is 24.3. The Bertz CT molecular complexity index is 1160. The van der Waals surface area contributed by atoms with Crippen LogP contribution in [-0.2, 0) is 9.53 Å². The van der Waals surface area contributed by atoms with E-state index in [-0.39, 0.29) is 18.0 Å². The lowest BCUT2D eigenvalue weighted by molar-refractivity contribution is -0.115. The third-order valence-electron chi connectivity index (χ3n) is 5.49. The molecule has 3 aromatic rings. The number of nitrogens with one attached hydrogen (secondary N) is 1. The minimum Gasteiger partial charge on any atom is -0.444 e. The molecule has 10 heteroatoms. The van der Waals surface area contributed by atoms with E-state index in [4.69, 9.17) is 9.47 Å². The van der Waals surface area contributed by atoms with Gasteiger partial charge in [-0.15, -0.1) is 0 Å². The van der Waals surface area contributed by atoms with Gasteiger partial charge in [-0.25, -0.2) is 19.4 Å². The summed E-state index contributed by atoms with van der Waals surface area (Å²) in [5.74, 6) is 0.955. The molecule has 34 heavy (non-hydrogen) atoms. The zero-order valence-corrected chi connectivity index (χ0v) is 19.9. The van der Waals surface area contributed by atoms with E-state index in [2.05, 4.69) is 20.4 Å². The van der Waals surface area contributed by atoms with E-state index in [0.29, 0.717) is 47.9 Å². The molecule has 2 aromatic heterocycles. The monoisotopic (exact) mass is 466 g/mol. The van der Waals surface area contributed by atoms with Crippen molar-refractivity contribution in [2.24, 2.45) is 0 Å². The lowest BCUT2D eigenvalue weighted by atomic mass is 10.1. The Labute approximate surface area is 198 Å². The van der Waals surface area contributed by atoms with Crippen LogP contribution in [0.25, 0.3) is 11.0 Å². The Morgan fingerprint density at radius 1 is 1.12 bits per heavy atom. The van der Waals surface area contributed by atoms with Crippen molar-refractivity contribution in [1.29, 1.82) is 0 Å². The number of hydrogen-bond acceptors (Lipinski definition) is 7. The summed E-state index contributed by atoms with van der Waals surface area (Å²) in [6.45, 7) is 8.59. The predicted octanol–water partition coefficient (Wildman–Crippen LogP) is 4.54. The van der Waals surface area contributed by atoms with Crippen LogP contribution in [0.15, 0.2) is 36.8 Å². The van der Waals surface area contributed by atoms with Crippen LogP contribution < -0.4 is 10.1 Å². The van der Waals surface area contributed by atoms with Crippen molar-refractivity contribution < 1.29 is 19.1 Å². The van der Waals surface area contributed by atoms with Crippen LogP contribution in [0.4, 0.5) is 10.5 Å². The highest BCUT2D eigenvalue weighted by Gasteiger charge is 2.29. The molecular formula is C24H30N6O4. The molecule has 3 heterocycles. The Kier molecular flexibility index (Phi) is 6.67. The van der Waals surface area contributed by atoms with E-state index in [0.717, 1.165) is 12.8 Å². The summed E-state index contributed by atoms with van der Waals surface area (Å²) in [6, 6.07) is 7.22. The summed E-state index contributed by atoms with van der Waals surface area (Å²) >= 11 is 0. The predicted molar refractivity (Wildman–Crippen MR) is 127 cm³/mol. The molecular weight excluding hydrogens is 436 g/mol. The average molecular weight is 467 g/mol. The molecule has 2 amide bonds. The van der Waals surface area contributed by atoms with E-state index in [9.17, 15) is 9.59 Å². The normalized spacial score (nSPS) is 14.8. The number of anilines is 1. The zero-order valence-electron chi connectivity index (χ0n) is 19.9. The van der Waals surface area contributed by atoms with Gasteiger partial charge >= 0.3 is 6.09 Å². The van der Waals surface area contributed by atoms with Gasteiger partial charge in [0.05, 0.1) is 12.2 Å². The van der Waals surface area contributed by atoms with Gasteiger partial charge in [0.25, 0.3) is 0 Å². The smallest absolute Gasteiger partial charge is 0.410 e. The van der Waals surface area contributed by atoms with Crippen molar-refractivity contribution >= 4 is 28.7 Å². The molecule has 0 saturated carbocycles. The van der Waals surface area contributed by atoms with E-state index >= 15 is 0 Å². The van der Waals surface area contributed by atoms with Crippen LogP contribution >= 0.6 is 0 Å². The van der Waals surface area contributed by atoms with Crippen molar-refractivity contribution in [1.82, 2.24) is 24.6 Å². The Morgan fingerprint density at radius 2 is 1.82 bits per heavy atom. The number of hydrogen-bond donors (Lipinski definition) is 1. The number of rotatable bonds is 5. The first-order valence-corrected chi connectivity index (χ1v) is 11.5. The molecule has 1 saturated heterocycles. The summed E-state index contributed by atoms with van der Waals surface area (Å²) < 4.78 is 13.4. The second kappa shape index (κ2) is 9.66. The molecule has 1 fully saturated rings. The Balaban J connectivity index is 1.44. The van der Waals surface area contributed by atoms with Crippen molar-refractivity contribution in [3.63, 3.8) is 0 Å². The molecule has 1 aliphatic rings. The molecule has 1 N–H and O–H groups in total. The van der Waals surface area contributed by atoms with Crippen LogP contribution in [-0.4, -0.2) is 55.3 Å². The number of fused-ring (bicyclic) bond motifs is 1. The van der Waals surface area contributed by atoms with Crippen LogP contribution in [0.2, 0.25) is 0 Å². The standard InChI is InChI=1S/C24H30N6O4/c1-5-20(31)28-16-6-8-18(9-7-16)33-22-19-14-27-30(21(19)25-15-26-22)17-10-12-29(13-11-17)23(32)34-24(2,3)4/h6-9,14-15,17H,5,10-13H2,1-4H3,(H,28,31). The van der Waals surface area contributed by atoms with Gasteiger partial charge in [-0.3, -0.25) is 4.79 Å². The average Bonchev–Trinajstić information content (AvgIpc) is 3.24. The number of aromatic nitrogens is 4. The fourth-order valence-corrected chi connectivity index (χ4v) is 3.78. The third kappa shape index (κ3) is 5.44. The molecule has 0 spiro atoms. The van der Waals surface area contributed by atoms with Gasteiger partial charge in [-0.2, -0.15) is 5.10 Å². The molecule has 1 aromatic carbocycles. The van der Waals surface area contributed by atoms with Gasteiger partial charge in [0.1, 0.15) is 23.1 Å². The summed E-state index contributed by atoms with van der Waals surface area (Å²) in [5, 5.41) is 8.07. The number of piperidine rings is 1. The fourth-order valence-electron chi connectivity index (χ4n) is 3.78. The summed E-state index contributed by atoms with van der Waals surface area (Å²) in [4.78, 5) is 34.4. The van der Waals surface area contributed by atoms with Gasteiger partial charge < -0.3 is 19.7 Å². The molecule has 0 aliphatic carbocycles. The molecule has 1 aliphatic heterocycles. The maximum Gasteiger partial charge on any atom is 0.410 e. The maximum absolute atomic E-state index is 12.3. The van der Waals surface area contributed by atoms with E-state index < -0.39 is 5.60 Å². The number of carbonyl (C=O) groups is 2. The van der Waals surface area contributed by atoms with Gasteiger partial charge in [0, 0.05) is 25.2 Å². The van der Waals surface area contributed by atoms with E-state index in [1.807, 2.05) is 25.5 Å². The second-order valence-electron chi connectivity index (χ2n) is 9.23. The number of carbonyl (C=O) groups excluding carboxylic acids is 2. The van der Waals surface area contributed by atoms with Gasteiger partial charge in [-0.05, 0) is 57.9 Å². The molecule has 4 rings (SSSR count). The van der Waals surface area contributed by atoms with Crippen molar-refractivity contribution in [2.75, 3.05) is 18.4 Å². The third-order valence-corrected chi connectivity index (χ3v) is 5.49. The van der Waals surface area contributed by atoms with Crippen LogP contribution in [0.3, 0.4) is 0 Å². The summed E-state index contributed by atoms with van der Waals surface area (Å²) in [7, 11) is 0. The highest BCUT2D eigenvalue weighted by Crippen LogP contribution is 2.31. The molecule has 0 atom stereocenters. The lowest BCUT2D eigenvalue weighted by Crippen LogP contribution is -2.42. The van der Waals surface area contributed by atoms with Gasteiger partial charge in [0.2, 0.25) is 11.8 Å². The summed E-state index contributed by atoms with van der Waals surface area (Å²) in [6.07, 6.45) is 4.81. The molecule has 10 nitrogen and oxygen atoms in total. The Hall–Kier alpha value is -3.69. The summed E-state index contributed by atoms with van der Waals surface area (Å²) in [5.41, 5.74) is 0.883. The number of amides is 2. The molecule has 0 bridgehead atoms. The maximum atomic E-state index is 12.3. The number of benzene rings is 1. The lowest BCUT2D eigenvalue weighted by Gasteiger charge is -2.33. The number of ether oxygens (including phenoxy) is 2. The van der Waals surface area contributed by atoms with E-state index in [1.165, 1.54) is 6.33 Å².